The van der Waals surface area contributed by atoms with E-state index in [2.05, 4.69) is 15.4 Å². The third-order valence-corrected chi connectivity index (χ3v) is 2.70. The molecule has 1 fully saturated rings. The zero-order valence-corrected chi connectivity index (χ0v) is 10.1. The molecule has 3 N–H and O–H groups in total. The monoisotopic (exact) mass is 259 g/mol. The zero-order valence-electron chi connectivity index (χ0n) is 10.1. The summed E-state index contributed by atoms with van der Waals surface area (Å²) in [5, 5.41) is 13.7. The normalized spacial score (nSPS) is 15.9. The van der Waals surface area contributed by atoms with E-state index in [1.54, 1.807) is 0 Å². The molecule has 1 rings (SSSR count). The quantitative estimate of drug-likeness (QED) is 0.639. The fourth-order valence-corrected chi connectivity index (χ4v) is 1.63. The van der Waals surface area contributed by atoms with Gasteiger partial charge in [-0.1, -0.05) is 0 Å². The number of piperidine rings is 1. The summed E-state index contributed by atoms with van der Waals surface area (Å²) in [6.07, 6.45) is -0.522. The molecule has 1 heterocycles. The maximum atomic E-state index is 11.3. The Morgan fingerprint density at radius 3 is 2.44 bits per heavy atom. The lowest BCUT2D eigenvalue weighted by molar-refractivity contribution is -0.123. The predicted molar refractivity (Wildman–Crippen MR) is 61.2 cm³/mol. The largest absolute Gasteiger partial charge is 0.465 e. The highest BCUT2D eigenvalue weighted by atomic mass is 16.6. The molecule has 0 aromatic carbocycles. The van der Waals surface area contributed by atoms with Crippen molar-refractivity contribution in [3.05, 3.63) is 0 Å². The molecule has 3 amide bonds. The van der Waals surface area contributed by atoms with Crippen molar-refractivity contribution >= 4 is 18.1 Å². The van der Waals surface area contributed by atoms with Crippen LogP contribution in [0.1, 0.15) is 12.8 Å². The fraction of sp³-hybridized carbons (Fsp3) is 0.700. The van der Waals surface area contributed by atoms with Crippen molar-refractivity contribution in [2.45, 2.75) is 18.9 Å². The Hall–Kier alpha value is -1.99. The van der Waals surface area contributed by atoms with Crippen LogP contribution in [0.25, 0.3) is 0 Å². The van der Waals surface area contributed by atoms with Crippen LogP contribution in [0.4, 0.5) is 9.59 Å². The van der Waals surface area contributed by atoms with Gasteiger partial charge in [-0.2, -0.15) is 0 Å². The minimum Gasteiger partial charge on any atom is -0.465 e. The first-order valence-corrected chi connectivity index (χ1v) is 5.64. The number of hydrogen-bond donors (Lipinski definition) is 3. The number of amides is 3. The smallest absolute Gasteiger partial charge is 0.407 e. The standard InChI is InChI=1S/C10H17N3O5/c1-11-8(14)6-18-9(15)12-7-2-4-13(5-3-7)10(16)17/h7H,2-6H2,1H3,(H,11,14)(H,12,15)(H,16,17). The van der Waals surface area contributed by atoms with E-state index in [9.17, 15) is 14.4 Å². The number of likely N-dealkylation sites (N-methyl/N-ethyl adjacent to an activating group) is 1. The summed E-state index contributed by atoms with van der Waals surface area (Å²) in [5.41, 5.74) is 0. The topological polar surface area (TPSA) is 108 Å². The van der Waals surface area contributed by atoms with Crippen molar-refractivity contribution in [2.24, 2.45) is 0 Å². The van der Waals surface area contributed by atoms with Gasteiger partial charge < -0.3 is 25.4 Å². The molecule has 0 saturated carbocycles. The van der Waals surface area contributed by atoms with Crippen molar-refractivity contribution in [3.8, 4) is 0 Å². The van der Waals surface area contributed by atoms with E-state index < -0.39 is 12.2 Å². The molecule has 0 bridgehead atoms. The number of nitrogens with one attached hydrogen (secondary N) is 2. The number of nitrogens with zero attached hydrogens (tertiary/aromatic N) is 1. The van der Waals surface area contributed by atoms with Crippen molar-refractivity contribution in [1.29, 1.82) is 0 Å². The molecule has 102 valence electrons. The maximum absolute atomic E-state index is 11.3. The molecular formula is C10H17N3O5. The summed E-state index contributed by atoms with van der Waals surface area (Å²) in [7, 11) is 1.45. The molecule has 1 saturated heterocycles. The van der Waals surface area contributed by atoms with Crippen LogP contribution in [0.15, 0.2) is 0 Å². The molecule has 0 aliphatic carbocycles. The van der Waals surface area contributed by atoms with Gasteiger partial charge >= 0.3 is 12.2 Å². The molecule has 1 aliphatic rings. The Morgan fingerprint density at radius 1 is 1.33 bits per heavy atom. The van der Waals surface area contributed by atoms with Crippen LogP contribution in [-0.2, 0) is 9.53 Å². The van der Waals surface area contributed by atoms with Gasteiger partial charge in [0.2, 0.25) is 0 Å². The van der Waals surface area contributed by atoms with Crippen molar-refractivity contribution in [3.63, 3.8) is 0 Å². The molecular weight excluding hydrogens is 242 g/mol. The summed E-state index contributed by atoms with van der Waals surface area (Å²) >= 11 is 0. The Kier molecular flexibility index (Phi) is 5.22. The van der Waals surface area contributed by atoms with E-state index in [1.165, 1.54) is 11.9 Å². The van der Waals surface area contributed by atoms with Gasteiger partial charge in [-0.15, -0.1) is 0 Å². The van der Waals surface area contributed by atoms with Crippen LogP contribution in [-0.4, -0.2) is 60.9 Å². The molecule has 1 aliphatic heterocycles. The van der Waals surface area contributed by atoms with Gasteiger partial charge in [0.25, 0.3) is 5.91 Å². The van der Waals surface area contributed by atoms with E-state index in [4.69, 9.17) is 5.11 Å². The minimum atomic E-state index is -0.948. The van der Waals surface area contributed by atoms with Crippen LogP contribution in [0, 0.1) is 0 Å². The van der Waals surface area contributed by atoms with Crippen molar-refractivity contribution in [2.75, 3.05) is 26.7 Å². The number of alkyl carbamates (subject to hydrolysis) is 1. The fourth-order valence-electron chi connectivity index (χ4n) is 1.63. The molecule has 0 spiro atoms. The van der Waals surface area contributed by atoms with Gasteiger partial charge in [0.1, 0.15) is 0 Å². The molecule has 0 aromatic rings. The highest BCUT2D eigenvalue weighted by Gasteiger charge is 2.23. The second-order valence-electron chi connectivity index (χ2n) is 3.94. The number of carboxylic acid groups (broad SMARTS) is 1. The first kappa shape index (κ1) is 14.1. The number of rotatable bonds is 3. The van der Waals surface area contributed by atoms with Gasteiger partial charge in [0, 0.05) is 26.2 Å². The average Bonchev–Trinajstić information content (AvgIpc) is 2.36. The van der Waals surface area contributed by atoms with Gasteiger partial charge in [0.05, 0.1) is 0 Å². The summed E-state index contributed by atoms with van der Waals surface area (Å²) in [6.45, 7) is 0.446. The molecule has 18 heavy (non-hydrogen) atoms. The Balaban J connectivity index is 2.22. The van der Waals surface area contributed by atoms with Crippen LogP contribution in [0.3, 0.4) is 0 Å². The second-order valence-corrected chi connectivity index (χ2v) is 3.94. The molecule has 8 nitrogen and oxygen atoms in total. The number of carbonyl (C=O) groups is 3. The lowest BCUT2D eigenvalue weighted by Gasteiger charge is -2.30. The summed E-state index contributed by atoms with van der Waals surface area (Å²) in [5.74, 6) is -0.383. The summed E-state index contributed by atoms with van der Waals surface area (Å²) in [6, 6.07) is -0.113. The van der Waals surface area contributed by atoms with Crippen LogP contribution >= 0.6 is 0 Å². The van der Waals surface area contributed by atoms with Crippen LogP contribution < -0.4 is 10.6 Å². The highest BCUT2D eigenvalue weighted by Crippen LogP contribution is 2.10. The lowest BCUT2D eigenvalue weighted by Crippen LogP contribution is -2.46. The van der Waals surface area contributed by atoms with E-state index in [-0.39, 0.29) is 18.6 Å². The maximum Gasteiger partial charge on any atom is 0.407 e. The van der Waals surface area contributed by atoms with Gasteiger partial charge in [0.15, 0.2) is 6.61 Å². The highest BCUT2D eigenvalue weighted by molar-refractivity contribution is 5.79. The number of hydrogen-bond acceptors (Lipinski definition) is 4. The summed E-state index contributed by atoms with van der Waals surface area (Å²) < 4.78 is 4.68. The Labute approximate surface area is 104 Å². The molecule has 0 aromatic heterocycles. The van der Waals surface area contributed by atoms with Crippen LogP contribution in [0.2, 0.25) is 0 Å². The van der Waals surface area contributed by atoms with Gasteiger partial charge in [-0.05, 0) is 12.8 Å². The van der Waals surface area contributed by atoms with E-state index >= 15 is 0 Å². The molecule has 0 unspecified atom stereocenters. The third kappa shape index (κ3) is 4.48. The Bertz CT molecular complexity index is 325. The van der Waals surface area contributed by atoms with Gasteiger partial charge in [-0.3, -0.25) is 4.79 Å². The first-order valence-electron chi connectivity index (χ1n) is 5.64. The lowest BCUT2D eigenvalue weighted by atomic mass is 10.1. The van der Waals surface area contributed by atoms with Gasteiger partial charge in [-0.25, -0.2) is 9.59 Å². The average molecular weight is 259 g/mol. The number of ether oxygens (including phenoxy) is 1. The second kappa shape index (κ2) is 6.67. The van der Waals surface area contributed by atoms with E-state index in [0.29, 0.717) is 25.9 Å². The van der Waals surface area contributed by atoms with E-state index in [1.807, 2.05) is 0 Å². The number of carbonyl (C=O) groups excluding carboxylic acids is 2. The number of likely N-dealkylation sites (tertiary alicyclic amines) is 1. The third-order valence-electron chi connectivity index (χ3n) is 2.70. The first-order chi connectivity index (χ1) is 8.52. The van der Waals surface area contributed by atoms with Crippen molar-refractivity contribution in [1.82, 2.24) is 15.5 Å². The molecule has 8 heteroatoms. The zero-order chi connectivity index (χ0) is 13.5. The van der Waals surface area contributed by atoms with E-state index in [0.717, 1.165) is 0 Å². The van der Waals surface area contributed by atoms with Crippen LogP contribution in [0.5, 0.6) is 0 Å². The predicted octanol–water partition coefficient (Wildman–Crippen LogP) is -0.399. The summed E-state index contributed by atoms with van der Waals surface area (Å²) in [4.78, 5) is 34.1. The molecule has 0 radical (unpaired) electrons. The van der Waals surface area contributed by atoms with Crippen molar-refractivity contribution < 1.29 is 24.2 Å². The minimum absolute atomic E-state index is 0.113. The SMILES string of the molecule is CNC(=O)COC(=O)NC1CCN(C(=O)O)CC1. The molecule has 0 atom stereocenters. The Morgan fingerprint density at radius 2 is 1.94 bits per heavy atom.